The highest BCUT2D eigenvalue weighted by Crippen LogP contribution is 2.45. The zero-order valence-corrected chi connectivity index (χ0v) is 18.1. The third-order valence-electron chi connectivity index (χ3n) is 5.34. The van der Waals surface area contributed by atoms with Crippen molar-refractivity contribution in [2.75, 3.05) is 5.32 Å². The molecule has 26 heavy (non-hydrogen) atoms. The molecule has 2 N–H and O–H groups in total. The number of hydrogen-bond acceptors (Lipinski definition) is 2. The predicted molar refractivity (Wildman–Crippen MR) is 115 cm³/mol. The van der Waals surface area contributed by atoms with E-state index in [1.165, 1.54) is 28.4 Å². The normalized spacial score (nSPS) is 20.4. The number of benzene rings is 2. The van der Waals surface area contributed by atoms with Crippen LogP contribution in [0, 0.1) is 0 Å². The third-order valence-corrected chi connectivity index (χ3v) is 7.06. The van der Waals surface area contributed by atoms with Gasteiger partial charge in [0.15, 0.2) is 0 Å². The molecule has 1 aliphatic heterocycles. The van der Waals surface area contributed by atoms with Crippen LogP contribution in [0.5, 0.6) is 5.75 Å². The summed E-state index contributed by atoms with van der Waals surface area (Å²) in [5.41, 5.74) is 5.50. The number of anilines is 1. The third kappa shape index (κ3) is 4.32. The Bertz CT molecular complexity index is 786. The molecule has 0 spiro atoms. The minimum atomic E-state index is -1.19. The van der Waals surface area contributed by atoms with Gasteiger partial charge in [0.2, 0.25) is 0 Å². The van der Waals surface area contributed by atoms with Gasteiger partial charge in [-0.15, -0.1) is 0 Å². The van der Waals surface area contributed by atoms with Crippen molar-refractivity contribution in [1.82, 2.24) is 0 Å². The monoisotopic (exact) mass is 367 g/mol. The van der Waals surface area contributed by atoms with Crippen molar-refractivity contribution >= 4 is 13.8 Å². The van der Waals surface area contributed by atoms with Crippen LogP contribution >= 0.6 is 0 Å². The average molecular weight is 368 g/mol. The minimum Gasteiger partial charge on any atom is -0.508 e. The fourth-order valence-corrected chi connectivity index (χ4v) is 5.91. The first-order valence-corrected chi connectivity index (χ1v) is 13.4. The number of fused-ring (bicyclic) bond motifs is 1. The van der Waals surface area contributed by atoms with Crippen LogP contribution in [0.4, 0.5) is 5.69 Å². The summed E-state index contributed by atoms with van der Waals surface area (Å²) in [6.07, 6.45) is 1.09. The molecule has 0 bridgehead atoms. The second kappa shape index (κ2) is 6.77. The molecule has 2 aromatic carbocycles. The molecule has 0 aromatic heterocycles. The summed E-state index contributed by atoms with van der Waals surface area (Å²) < 4.78 is 0. The van der Waals surface area contributed by atoms with Gasteiger partial charge >= 0.3 is 0 Å². The van der Waals surface area contributed by atoms with Gasteiger partial charge in [-0.3, -0.25) is 0 Å². The van der Waals surface area contributed by atoms with Crippen LogP contribution in [0.3, 0.4) is 0 Å². The molecule has 0 radical (unpaired) electrons. The van der Waals surface area contributed by atoms with Crippen LogP contribution in [0.2, 0.25) is 25.7 Å². The first-order chi connectivity index (χ1) is 12.0. The molecule has 1 aliphatic rings. The average Bonchev–Trinajstić information content (AvgIpc) is 2.52. The molecule has 1 heterocycles. The van der Waals surface area contributed by atoms with Gasteiger partial charge in [-0.1, -0.05) is 70.7 Å². The lowest BCUT2D eigenvalue weighted by molar-refractivity contribution is 0.472. The lowest BCUT2D eigenvalue weighted by atomic mass is 9.80. The summed E-state index contributed by atoms with van der Waals surface area (Å²) in [5, 5.41) is 13.6. The smallest absolute Gasteiger partial charge is 0.115 e. The largest absolute Gasteiger partial charge is 0.508 e. The Morgan fingerprint density at radius 3 is 2.42 bits per heavy atom. The van der Waals surface area contributed by atoms with Crippen molar-refractivity contribution in [2.24, 2.45) is 0 Å². The van der Waals surface area contributed by atoms with Gasteiger partial charge in [0, 0.05) is 13.8 Å². The van der Waals surface area contributed by atoms with Gasteiger partial charge in [0.25, 0.3) is 0 Å². The number of phenolic OH excluding ortho intramolecular Hbond substituents is 1. The van der Waals surface area contributed by atoms with E-state index >= 15 is 0 Å². The van der Waals surface area contributed by atoms with E-state index in [2.05, 4.69) is 70.0 Å². The first-order valence-electron chi connectivity index (χ1n) is 9.73. The molecule has 3 heteroatoms. The van der Waals surface area contributed by atoms with Crippen LogP contribution in [-0.2, 0) is 5.41 Å². The number of aromatic hydroxyl groups is 1. The van der Waals surface area contributed by atoms with Crippen LogP contribution in [0.1, 0.15) is 55.8 Å². The molecule has 0 fully saturated rings. The van der Waals surface area contributed by atoms with Crippen molar-refractivity contribution in [3.63, 3.8) is 0 Å². The quantitative estimate of drug-likeness (QED) is 0.594. The maximum Gasteiger partial charge on any atom is 0.115 e. The van der Waals surface area contributed by atoms with Crippen LogP contribution < -0.4 is 5.32 Å². The molecular formula is C23H33NOSi. The van der Waals surface area contributed by atoms with Gasteiger partial charge in [0.1, 0.15) is 5.75 Å². The zero-order valence-electron chi connectivity index (χ0n) is 17.1. The predicted octanol–water partition coefficient (Wildman–Crippen LogP) is 6.67. The highest BCUT2D eigenvalue weighted by Gasteiger charge is 2.32. The Morgan fingerprint density at radius 1 is 1.08 bits per heavy atom. The molecule has 0 saturated heterocycles. The van der Waals surface area contributed by atoms with Crippen molar-refractivity contribution in [3.8, 4) is 5.75 Å². The fraction of sp³-hybridized carbons (Fsp3) is 0.478. The molecule has 0 aliphatic carbocycles. The maximum atomic E-state index is 9.90. The van der Waals surface area contributed by atoms with Crippen molar-refractivity contribution in [2.45, 2.75) is 70.3 Å². The second-order valence-corrected chi connectivity index (χ2v) is 15.6. The Morgan fingerprint density at radius 2 is 1.81 bits per heavy atom. The maximum absolute atomic E-state index is 9.90. The molecule has 0 saturated carbocycles. The lowest BCUT2D eigenvalue weighted by Gasteiger charge is -2.37. The van der Waals surface area contributed by atoms with Gasteiger partial charge in [0.05, 0.1) is 6.04 Å². The van der Waals surface area contributed by atoms with E-state index in [1.807, 2.05) is 12.1 Å². The highest BCUT2D eigenvalue weighted by atomic mass is 28.3. The highest BCUT2D eigenvalue weighted by molar-refractivity contribution is 6.76. The van der Waals surface area contributed by atoms with Gasteiger partial charge in [-0.2, -0.15) is 0 Å². The van der Waals surface area contributed by atoms with Gasteiger partial charge < -0.3 is 10.4 Å². The van der Waals surface area contributed by atoms with Crippen molar-refractivity contribution < 1.29 is 5.11 Å². The standard InChI is InChI=1S/C23H33NOSi/c1-23(2,3)18-10-11-21-20(14-18)17(15-26(4,5)6)13-22(24-21)16-8-7-9-19(25)12-16/h7-12,14,17,22,24-25H,13,15H2,1-6H3. The second-order valence-electron chi connectivity index (χ2n) is 10.0. The Balaban J connectivity index is 2.01. The summed E-state index contributed by atoms with van der Waals surface area (Å²) in [5.74, 6) is 0.924. The first kappa shape index (κ1) is 19.0. The minimum absolute atomic E-state index is 0.167. The number of nitrogens with one attached hydrogen (secondary N) is 1. The van der Waals surface area contributed by atoms with E-state index in [4.69, 9.17) is 0 Å². The summed E-state index contributed by atoms with van der Waals surface area (Å²) in [6.45, 7) is 14.2. The number of rotatable bonds is 3. The van der Waals surface area contributed by atoms with E-state index in [0.717, 1.165) is 6.42 Å². The van der Waals surface area contributed by atoms with E-state index in [1.54, 1.807) is 6.07 Å². The molecule has 0 amide bonds. The molecular weight excluding hydrogens is 334 g/mol. The summed E-state index contributed by atoms with van der Waals surface area (Å²) >= 11 is 0. The molecule has 2 nitrogen and oxygen atoms in total. The van der Waals surface area contributed by atoms with Crippen LogP contribution in [0.25, 0.3) is 0 Å². The van der Waals surface area contributed by atoms with Crippen LogP contribution in [-0.4, -0.2) is 13.2 Å². The topological polar surface area (TPSA) is 32.3 Å². The van der Waals surface area contributed by atoms with E-state index < -0.39 is 8.07 Å². The Hall–Kier alpha value is -1.74. The molecule has 2 atom stereocenters. The molecule has 140 valence electrons. The summed E-state index contributed by atoms with van der Waals surface area (Å²) in [4.78, 5) is 0. The number of hydrogen-bond donors (Lipinski definition) is 2. The van der Waals surface area contributed by atoms with E-state index in [9.17, 15) is 5.11 Å². The van der Waals surface area contributed by atoms with Gasteiger partial charge in [-0.25, -0.2) is 0 Å². The zero-order chi connectivity index (χ0) is 19.1. The molecule has 2 aromatic rings. The van der Waals surface area contributed by atoms with Gasteiger partial charge in [-0.05, 0) is 52.6 Å². The van der Waals surface area contributed by atoms with E-state index in [-0.39, 0.29) is 11.5 Å². The summed E-state index contributed by atoms with van der Waals surface area (Å²) in [6, 6.07) is 16.2. The Kier molecular flexibility index (Phi) is 4.95. The fourth-order valence-electron chi connectivity index (χ4n) is 4.05. The molecule has 2 unspecified atom stereocenters. The van der Waals surface area contributed by atoms with Crippen molar-refractivity contribution in [1.29, 1.82) is 0 Å². The van der Waals surface area contributed by atoms with E-state index in [0.29, 0.717) is 11.7 Å². The lowest BCUT2D eigenvalue weighted by Crippen LogP contribution is -2.29. The van der Waals surface area contributed by atoms with Crippen molar-refractivity contribution in [3.05, 3.63) is 59.2 Å². The summed E-state index contributed by atoms with van der Waals surface area (Å²) in [7, 11) is -1.19. The number of phenols is 1. The molecule has 3 rings (SSSR count). The Labute approximate surface area is 159 Å². The SMILES string of the molecule is CC(C)(C)c1ccc2c(c1)C(C[Si](C)(C)C)CC(c1cccc(O)c1)N2. The van der Waals surface area contributed by atoms with Crippen LogP contribution in [0.15, 0.2) is 42.5 Å².